The monoisotopic (exact) mass is 618 g/mol. The molecule has 11 heteroatoms. The van der Waals surface area contributed by atoms with Crippen LogP contribution in [0.1, 0.15) is 85.4 Å². The Hall–Kier alpha value is -4.90. The van der Waals surface area contributed by atoms with E-state index in [0.29, 0.717) is 30.9 Å². The fourth-order valence-electron chi connectivity index (χ4n) is 6.82. The van der Waals surface area contributed by atoms with Crippen LogP contribution in [0.3, 0.4) is 0 Å². The first kappa shape index (κ1) is 29.8. The van der Waals surface area contributed by atoms with Crippen molar-refractivity contribution in [2.75, 3.05) is 0 Å². The SMILES string of the molecule is CCCc1c(Cc2ccc(-c3ccccc3)c(C3=NNC(=O)C3)c2)c(=O)n(C2CCC(OCc3ncc(C)[nH]3)CC2)c2ncnn12. The summed E-state index contributed by atoms with van der Waals surface area (Å²) in [4.78, 5) is 38.8. The van der Waals surface area contributed by atoms with E-state index in [1.165, 1.54) is 0 Å². The Labute approximate surface area is 266 Å². The van der Waals surface area contributed by atoms with E-state index < -0.39 is 0 Å². The minimum absolute atomic E-state index is 0.000262. The standard InChI is InChI=1S/C35H38N8O3/c1-3-7-31-29(17-23-10-15-27(24-8-5-4-6-9-24)28(16-23)30-18-33(44)41-40-30)34(45)42(35-37-21-38-43(31)35)25-11-13-26(14-12-25)46-20-32-36-19-22(2)39-32/h4-6,8-10,15-16,19,21,25-26H,3,7,11-14,17-18,20H2,1-2H3,(H,36,39)(H,41,44). The lowest BCUT2D eigenvalue weighted by Crippen LogP contribution is -2.35. The third-order valence-electron chi connectivity index (χ3n) is 9.04. The summed E-state index contributed by atoms with van der Waals surface area (Å²) in [6, 6.07) is 16.3. The Morgan fingerprint density at radius 3 is 2.54 bits per heavy atom. The number of fused-ring (bicyclic) bond motifs is 1. The van der Waals surface area contributed by atoms with Gasteiger partial charge in [-0.05, 0) is 61.8 Å². The van der Waals surface area contributed by atoms with Gasteiger partial charge >= 0.3 is 0 Å². The van der Waals surface area contributed by atoms with Gasteiger partial charge in [0.05, 0.1) is 23.9 Å². The average Bonchev–Trinajstić information content (AvgIpc) is 3.84. The summed E-state index contributed by atoms with van der Waals surface area (Å²) in [5.74, 6) is 1.30. The molecule has 2 N–H and O–H groups in total. The fraction of sp³-hybridized carbons (Fsp3) is 0.371. The number of imidazole rings is 1. The van der Waals surface area contributed by atoms with Gasteiger partial charge in [0, 0.05) is 35.5 Å². The summed E-state index contributed by atoms with van der Waals surface area (Å²) in [5.41, 5.74) is 9.84. The maximum atomic E-state index is 14.5. The number of carbonyl (C=O) groups is 1. The Morgan fingerprint density at radius 2 is 1.83 bits per heavy atom. The van der Waals surface area contributed by atoms with E-state index in [4.69, 9.17) is 4.74 Å². The van der Waals surface area contributed by atoms with Gasteiger partial charge in [-0.2, -0.15) is 15.2 Å². The molecule has 0 radical (unpaired) electrons. The normalized spacial score (nSPS) is 18.2. The summed E-state index contributed by atoms with van der Waals surface area (Å²) >= 11 is 0. The molecule has 7 rings (SSSR count). The van der Waals surface area contributed by atoms with Crippen LogP contribution in [0.25, 0.3) is 16.9 Å². The van der Waals surface area contributed by atoms with Gasteiger partial charge in [0.15, 0.2) is 0 Å². The highest BCUT2D eigenvalue weighted by Gasteiger charge is 2.29. The highest BCUT2D eigenvalue weighted by molar-refractivity contribution is 6.16. The van der Waals surface area contributed by atoms with Crippen LogP contribution in [0.15, 0.2) is 71.0 Å². The van der Waals surface area contributed by atoms with Gasteiger partial charge in [-0.3, -0.25) is 14.2 Å². The molecular weight excluding hydrogens is 580 g/mol. The van der Waals surface area contributed by atoms with Crippen LogP contribution >= 0.6 is 0 Å². The van der Waals surface area contributed by atoms with Crippen molar-refractivity contribution in [2.24, 2.45) is 5.10 Å². The Bertz CT molecular complexity index is 1960. The molecule has 1 aliphatic heterocycles. The first-order valence-electron chi connectivity index (χ1n) is 16.1. The molecule has 1 saturated carbocycles. The molecule has 11 nitrogen and oxygen atoms in total. The first-order chi connectivity index (χ1) is 22.5. The number of aryl methyl sites for hydroxylation is 2. The quantitative estimate of drug-likeness (QED) is 0.225. The fourth-order valence-corrected chi connectivity index (χ4v) is 6.82. The topological polar surface area (TPSA) is 132 Å². The predicted octanol–water partition coefficient (Wildman–Crippen LogP) is 5.06. The number of carbonyl (C=O) groups excluding carboxylic acids is 1. The van der Waals surface area contributed by atoms with Crippen molar-refractivity contribution in [1.29, 1.82) is 0 Å². The van der Waals surface area contributed by atoms with Gasteiger partial charge in [0.25, 0.3) is 5.56 Å². The van der Waals surface area contributed by atoms with Gasteiger partial charge in [0.2, 0.25) is 11.7 Å². The van der Waals surface area contributed by atoms with Crippen LogP contribution in [-0.2, 0) is 29.0 Å². The largest absolute Gasteiger partial charge is 0.370 e. The minimum Gasteiger partial charge on any atom is -0.370 e. The van der Waals surface area contributed by atoms with Gasteiger partial charge in [-0.1, -0.05) is 55.8 Å². The second-order valence-electron chi connectivity index (χ2n) is 12.3. The maximum Gasteiger partial charge on any atom is 0.259 e. The van der Waals surface area contributed by atoms with Gasteiger partial charge < -0.3 is 9.72 Å². The van der Waals surface area contributed by atoms with Crippen molar-refractivity contribution in [2.45, 2.75) is 84.0 Å². The lowest BCUT2D eigenvalue weighted by molar-refractivity contribution is -0.119. The van der Waals surface area contributed by atoms with Gasteiger partial charge in [0.1, 0.15) is 18.8 Å². The van der Waals surface area contributed by atoms with Crippen LogP contribution in [-0.4, -0.2) is 46.9 Å². The maximum absolute atomic E-state index is 14.5. The number of H-pyrrole nitrogens is 1. The number of hydrogen-bond acceptors (Lipinski definition) is 7. The van der Waals surface area contributed by atoms with Crippen molar-refractivity contribution >= 4 is 17.4 Å². The molecule has 2 aromatic carbocycles. The van der Waals surface area contributed by atoms with Gasteiger partial charge in [-0.25, -0.2) is 14.9 Å². The summed E-state index contributed by atoms with van der Waals surface area (Å²) in [6.45, 7) is 4.54. The Kier molecular flexibility index (Phi) is 8.32. The van der Waals surface area contributed by atoms with E-state index in [2.05, 4.69) is 67.8 Å². The Morgan fingerprint density at radius 1 is 1.00 bits per heavy atom. The summed E-state index contributed by atoms with van der Waals surface area (Å²) in [6.07, 6.45) is 9.02. The second kappa shape index (κ2) is 12.8. The molecule has 0 atom stereocenters. The summed E-state index contributed by atoms with van der Waals surface area (Å²) < 4.78 is 9.91. The summed E-state index contributed by atoms with van der Waals surface area (Å²) in [7, 11) is 0. The van der Waals surface area contributed by atoms with E-state index in [0.717, 1.165) is 77.1 Å². The molecule has 3 aromatic heterocycles. The number of ether oxygens (including phenoxy) is 1. The third kappa shape index (κ3) is 5.90. The lowest BCUT2D eigenvalue weighted by Gasteiger charge is -2.30. The molecule has 2 aliphatic rings. The number of nitrogens with one attached hydrogen (secondary N) is 2. The molecule has 1 amide bonds. The van der Waals surface area contributed by atoms with Crippen molar-refractivity contribution in [3.63, 3.8) is 0 Å². The zero-order valence-electron chi connectivity index (χ0n) is 26.2. The number of nitrogens with zero attached hydrogens (tertiary/aromatic N) is 6. The number of amides is 1. The van der Waals surface area contributed by atoms with E-state index in [1.54, 1.807) is 6.33 Å². The number of aromatic amines is 1. The molecule has 5 aromatic rings. The number of rotatable bonds is 10. The van der Waals surface area contributed by atoms with Crippen molar-refractivity contribution in [3.05, 3.63) is 105 Å². The zero-order chi connectivity index (χ0) is 31.6. The summed E-state index contributed by atoms with van der Waals surface area (Å²) in [5, 5.41) is 8.95. The van der Waals surface area contributed by atoms with E-state index in [1.807, 2.05) is 40.4 Å². The molecule has 1 fully saturated rings. The first-order valence-corrected chi connectivity index (χ1v) is 16.1. The van der Waals surface area contributed by atoms with Crippen LogP contribution in [0.4, 0.5) is 0 Å². The highest BCUT2D eigenvalue weighted by Crippen LogP contribution is 2.32. The highest BCUT2D eigenvalue weighted by atomic mass is 16.5. The van der Waals surface area contributed by atoms with E-state index >= 15 is 0 Å². The smallest absolute Gasteiger partial charge is 0.259 e. The van der Waals surface area contributed by atoms with Crippen molar-refractivity contribution < 1.29 is 9.53 Å². The molecule has 0 bridgehead atoms. The Balaban J connectivity index is 1.21. The van der Waals surface area contributed by atoms with Gasteiger partial charge in [-0.15, -0.1) is 0 Å². The number of hydrogen-bond donors (Lipinski definition) is 2. The van der Waals surface area contributed by atoms with Crippen LogP contribution < -0.4 is 11.0 Å². The number of aromatic nitrogens is 6. The number of benzene rings is 2. The molecule has 4 heterocycles. The molecule has 1 aliphatic carbocycles. The molecule has 236 valence electrons. The van der Waals surface area contributed by atoms with Crippen molar-refractivity contribution in [3.8, 4) is 11.1 Å². The van der Waals surface area contributed by atoms with E-state index in [-0.39, 0.29) is 30.0 Å². The molecule has 46 heavy (non-hydrogen) atoms. The molecule has 0 saturated heterocycles. The third-order valence-corrected chi connectivity index (χ3v) is 9.04. The molecule has 0 spiro atoms. The van der Waals surface area contributed by atoms with Crippen molar-refractivity contribution in [1.82, 2.24) is 34.6 Å². The number of hydrazone groups is 1. The second-order valence-corrected chi connectivity index (χ2v) is 12.3. The minimum atomic E-state index is -0.125. The molecule has 0 unspecified atom stereocenters. The van der Waals surface area contributed by atoms with Crippen LogP contribution in [0, 0.1) is 6.92 Å². The average molecular weight is 619 g/mol. The molecular formula is C35H38N8O3. The van der Waals surface area contributed by atoms with E-state index in [9.17, 15) is 9.59 Å². The van der Waals surface area contributed by atoms with Crippen LogP contribution in [0.2, 0.25) is 0 Å². The zero-order valence-corrected chi connectivity index (χ0v) is 26.2. The lowest BCUT2D eigenvalue weighted by atomic mass is 9.91. The van der Waals surface area contributed by atoms with Crippen LogP contribution in [0.5, 0.6) is 0 Å². The predicted molar refractivity (Wildman–Crippen MR) is 175 cm³/mol.